The van der Waals surface area contributed by atoms with E-state index >= 15 is 0 Å². The zero-order chi connectivity index (χ0) is 24.3. The molecule has 4 nitrogen and oxygen atoms in total. The predicted octanol–water partition coefficient (Wildman–Crippen LogP) is 6.44. The number of halogens is 5. The molecule has 1 fully saturated rings. The lowest BCUT2D eigenvalue weighted by Crippen LogP contribution is -2.57. The van der Waals surface area contributed by atoms with Gasteiger partial charge in [0.05, 0.1) is 30.9 Å². The van der Waals surface area contributed by atoms with Crippen molar-refractivity contribution >= 4 is 23.2 Å². The summed E-state index contributed by atoms with van der Waals surface area (Å²) in [7, 11) is 0. The van der Waals surface area contributed by atoms with Gasteiger partial charge in [-0.3, -0.25) is 0 Å². The SMILES string of the molecule is CC1(C)OCC(N)(CCc2ccc(OCCCc3cc(Cl)ccc3Cl)c(C(F)(F)F)c2)CO1. The standard InChI is InChI=1S/C24H28Cl2F3NO3/c1-22(2)32-14-23(30,15-33-22)10-9-16-5-8-21(19(12-16)24(27,28)29)31-11-3-4-17-13-18(25)6-7-20(17)26/h5-8,12-13H,3-4,9-11,14-15,30H2,1-2H3. The molecule has 0 amide bonds. The average molecular weight is 506 g/mol. The summed E-state index contributed by atoms with van der Waals surface area (Å²) in [6.45, 7) is 4.27. The van der Waals surface area contributed by atoms with Crippen LogP contribution < -0.4 is 10.5 Å². The molecule has 0 unspecified atom stereocenters. The monoisotopic (exact) mass is 505 g/mol. The van der Waals surface area contributed by atoms with Gasteiger partial charge in [-0.1, -0.05) is 29.3 Å². The third-order valence-electron chi connectivity index (χ3n) is 5.53. The Bertz CT molecular complexity index is 956. The largest absolute Gasteiger partial charge is 0.493 e. The fraction of sp³-hybridized carbons (Fsp3) is 0.500. The average Bonchev–Trinajstić information content (AvgIpc) is 2.74. The van der Waals surface area contributed by atoms with Crippen LogP contribution in [0.2, 0.25) is 10.0 Å². The molecule has 0 aliphatic carbocycles. The molecule has 9 heteroatoms. The lowest BCUT2D eigenvalue weighted by Gasteiger charge is -2.41. The topological polar surface area (TPSA) is 53.7 Å². The van der Waals surface area contributed by atoms with Crippen molar-refractivity contribution in [2.75, 3.05) is 19.8 Å². The minimum atomic E-state index is -4.54. The van der Waals surface area contributed by atoms with Crippen molar-refractivity contribution in [1.29, 1.82) is 0 Å². The summed E-state index contributed by atoms with van der Waals surface area (Å²) in [5.74, 6) is -0.902. The minimum Gasteiger partial charge on any atom is -0.493 e. The highest BCUT2D eigenvalue weighted by molar-refractivity contribution is 6.33. The van der Waals surface area contributed by atoms with Gasteiger partial charge in [-0.25, -0.2) is 0 Å². The molecule has 2 aromatic carbocycles. The first kappa shape index (κ1) is 26.1. The number of alkyl halides is 3. The van der Waals surface area contributed by atoms with Crippen molar-refractivity contribution in [2.24, 2.45) is 5.73 Å². The summed E-state index contributed by atoms with van der Waals surface area (Å²) in [6, 6.07) is 9.25. The van der Waals surface area contributed by atoms with Crippen molar-refractivity contribution in [3.05, 3.63) is 63.1 Å². The zero-order valence-electron chi connectivity index (χ0n) is 18.6. The van der Waals surface area contributed by atoms with Gasteiger partial charge >= 0.3 is 6.18 Å². The van der Waals surface area contributed by atoms with Crippen LogP contribution in [-0.4, -0.2) is 31.1 Å². The van der Waals surface area contributed by atoms with E-state index in [0.717, 1.165) is 11.6 Å². The van der Waals surface area contributed by atoms with Gasteiger partial charge in [-0.2, -0.15) is 13.2 Å². The van der Waals surface area contributed by atoms with E-state index in [9.17, 15) is 13.2 Å². The van der Waals surface area contributed by atoms with Crippen LogP contribution in [0.5, 0.6) is 5.75 Å². The highest BCUT2D eigenvalue weighted by Crippen LogP contribution is 2.37. The van der Waals surface area contributed by atoms with Gasteiger partial charge in [0.1, 0.15) is 5.75 Å². The molecule has 1 saturated heterocycles. The van der Waals surface area contributed by atoms with Gasteiger partial charge in [0.2, 0.25) is 0 Å². The van der Waals surface area contributed by atoms with Crippen molar-refractivity contribution in [2.45, 2.75) is 57.0 Å². The van der Waals surface area contributed by atoms with Crippen molar-refractivity contribution in [1.82, 2.24) is 0 Å². The van der Waals surface area contributed by atoms with Crippen LogP contribution >= 0.6 is 23.2 Å². The maximum atomic E-state index is 13.7. The molecule has 0 aromatic heterocycles. The maximum Gasteiger partial charge on any atom is 0.419 e. The van der Waals surface area contributed by atoms with Gasteiger partial charge in [0, 0.05) is 10.0 Å². The molecule has 1 aliphatic rings. The molecule has 0 radical (unpaired) electrons. The Kier molecular flexibility index (Phi) is 8.23. The fourth-order valence-corrected chi connectivity index (χ4v) is 3.92. The Morgan fingerprint density at radius 2 is 1.73 bits per heavy atom. The second kappa shape index (κ2) is 10.4. The summed E-state index contributed by atoms with van der Waals surface area (Å²) < 4.78 is 57.7. The first-order valence-electron chi connectivity index (χ1n) is 10.7. The maximum absolute atomic E-state index is 13.7. The Morgan fingerprint density at radius 1 is 1.03 bits per heavy atom. The quantitative estimate of drug-likeness (QED) is 0.419. The molecule has 3 rings (SSSR count). The number of nitrogens with two attached hydrogens (primary N) is 1. The van der Waals surface area contributed by atoms with E-state index in [2.05, 4.69) is 0 Å². The smallest absolute Gasteiger partial charge is 0.419 e. The van der Waals surface area contributed by atoms with Crippen LogP contribution in [0.3, 0.4) is 0 Å². The number of benzene rings is 2. The Balaban J connectivity index is 1.60. The van der Waals surface area contributed by atoms with Crippen molar-refractivity contribution < 1.29 is 27.4 Å². The second-order valence-corrected chi connectivity index (χ2v) is 9.70. The normalized spacial score (nSPS) is 17.7. The first-order chi connectivity index (χ1) is 15.4. The van der Waals surface area contributed by atoms with E-state index in [1.54, 1.807) is 38.1 Å². The van der Waals surface area contributed by atoms with E-state index in [1.807, 2.05) is 0 Å². The second-order valence-electron chi connectivity index (χ2n) is 8.86. The zero-order valence-corrected chi connectivity index (χ0v) is 20.1. The summed E-state index contributed by atoms with van der Waals surface area (Å²) in [5.41, 5.74) is 6.12. The Labute approximate surface area is 202 Å². The van der Waals surface area contributed by atoms with E-state index in [4.69, 9.17) is 43.1 Å². The number of aryl methyl sites for hydroxylation is 2. The molecule has 1 aliphatic heterocycles. The predicted molar refractivity (Wildman–Crippen MR) is 123 cm³/mol. The molecule has 0 atom stereocenters. The summed E-state index contributed by atoms with van der Waals surface area (Å²) >= 11 is 12.1. The van der Waals surface area contributed by atoms with Crippen molar-refractivity contribution in [3.63, 3.8) is 0 Å². The molecule has 2 N–H and O–H groups in total. The van der Waals surface area contributed by atoms with Crippen LogP contribution in [0.1, 0.15) is 43.4 Å². The molecule has 182 valence electrons. The number of hydrogen-bond donors (Lipinski definition) is 1. The van der Waals surface area contributed by atoms with Gasteiger partial charge in [0.25, 0.3) is 0 Å². The van der Waals surface area contributed by atoms with Crippen LogP contribution in [-0.2, 0) is 28.5 Å². The van der Waals surface area contributed by atoms with E-state index in [1.165, 1.54) is 6.07 Å². The summed E-state index contributed by atoms with van der Waals surface area (Å²) in [4.78, 5) is 0. The number of hydrogen-bond acceptors (Lipinski definition) is 4. The van der Waals surface area contributed by atoms with Crippen LogP contribution in [0.4, 0.5) is 13.2 Å². The lowest BCUT2D eigenvalue weighted by molar-refractivity contribution is -0.267. The van der Waals surface area contributed by atoms with Crippen LogP contribution in [0.15, 0.2) is 36.4 Å². The van der Waals surface area contributed by atoms with Gasteiger partial charge in [-0.05, 0) is 81.0 Å². The molecule has 0 bridgehead atoms. The summed E-state index contributed by atoms with van der Waals surface area (Å²) in [6.07, 6.45) is -2.71. The molecular weight excluding hydrogens is 478 g/mol. The highest BCUT2D eigenvalue weighted by atomic mass is 35.5. The number of ether oxygens (including phenoxy) is 3. The number of rotatable bonds is 8. The highest BCUT2D eigenvalue weighted by Gasteiger charge is 2.38. The van der Waals surface area contributed by atoms with Crippen molar-refractivity contribution in [3.8, 4) is 5.75 Å². The lowest BCUT2D eigenvalue weighted by atomic mass is 9.92. The molecule has 33 heavy (non-hydrogen) atoms. The van der Waals surface area contributed by atoms with Crippen LogP contribution in [0.25, 0.3) is 0 Å². The van der Waals surface area contributed by atoms with E-state index in [-0.39, 0.29) is 25.6 Å². The molecular formula is C24H28Cl2F3NO3. The third-order valence-corrected chi connectivity index (χ3v) is 6.14. The first-order valence-corrected chi connectivity index (χ1v) is 11.5. The van der Waals surface area contributed by atoms with Gasteiger partial charge in [0.15, 0.2) is 5.79 Å². The molecule has 0 spiro atoms. The van der Waals surface area contributed by atoms with Gasteiger partial charge < -0.3 is 19.9 Å². The third kappa shape index (κ3) is 7.49. The van der Waals surface area contributed by atoms with E-state index in [0.29, 0.717) is 41.3 Å². The molecule has 2 aromatic rings. The Hall–Kier alpha value is -1.51. The van der Waals surface area contributed by atoms with Crippen LogP contribution in [0, 0.1) is 0 Å². The summed E-state index contributed by atoms with van der Waals surface area (Å²) in [5, 5.41) is 1.12. The molecule has 1 heterocycles. The van der Waals surface area contributed by atoms with E-state index < -0.39 is 23.1 Å². The Morgan fingerprint density at radius 3 is 2.39 bits per heavy atom. The van der Waals surface area contributed by atoms with Gasteiger partial charge in [-0.15, -0.1) is 0 Å². The fourth-order valence-electron chi connectivity index (χ4n) is 3.52. The minimum absolute atomic E-state index is 0.113. The molecule has 0 saturated carbocycles.